The summed E-state index contributed by atoms with van der Waals surface area (Å²) in [5.74, 6) is -0.0427. The number of carbonyl (C=O) groups excluding carboxylic acids is 1. The van der Waals surface area contributed by atoms with E-state index in [1.54, 1.807) is 0 Å². The van der Waals surface area contributed by atoms with Crippen molar-refractivity contribution in [2.24, 2.45) is 0 Å². The van der Waals surface area contributed by atoms with Crippen molar-refractivity contribution >= 4 is 17.2 Å². The van der Waals surface area contributed by atoms with Crippen LogP contribution in [-0.4, -0.2) is 10.9 Å². The Balaban J connectivity index is 2.15. The molecule has 1 aromatic heterocycles. The summed E-state index contributed by atoms with van der Waals surface area (Å²) in [6, 6.07) is 8.10. The molecular formula is C15H18N2OS. The van der Waals surface area contributed by atoms with Crippen LogP contribution in [0.25, 0.3) is 0 Å². The van der Waals surface area contributed by atoms with Crippen LogP contribution in [0.15, 0.2) is 24.3 Å². The predicted octanol–water partition coefficient (Wildman–Crippen LogP) is 3.56. The lowest BCUT2D eigenvalue weighted by Gasteiger charge is -2.16. The van der Waals surface area contributed by atoms with Crippen LogP contribution in [0.4, 0.5) is 0 Å². The van der Waals surface area contributed by atoms with Gasteiger partial charge in [0.05, 0.1) is 16.7 Å². The van der Waals surface area contributed by atoms with Crippen LogP contribution in [0.3, 0.4) is 0 Å². The highest BCUT2D eigenvalue weighted by Gasteiger charge is 2.17. The summed E-state index contributed by atoms with van der Waals surface area (Å²) in [7, 11) is 0. The zero-order valence-electron chi connectivity index (χ0n) is 11.7. The van der Waals surface area contributed by atoms with Crippen LogP contribution >= 0.6 is 11.3 Å². The van der Waals surface area contributed by atoms with Crippen LogP contribution in [0.5, 0.6) is 0 Å². The fourth-order valence-corrected chi connectivity index (χ4v) is 2.98. The molecule has 0 spiro atoms. The molecule has 100 valence electrons. The number of aryl methyl sites for hydroxylation is 3. The van der Waals surface area contributed by atoms with Gasteiger partial charge < -0.3 is 5.32 Å². The molecule has 1 aromatic carbocycles. The predicted molar refractivity (Wildman–Crippen MR) is 78.6 cm³/mol. The molecule has 1 unspecified atom stereocenters. The topological polar surface area (TPSA) is 42.0 Å². The van der Waals surface area contributed by atoms with E-state index in [0.717, 1.165) is 16.3 Å². The van der Waals surface area contributed by atoms with Gasteiger partial charge in [-0.25, -0.2) is 4.98 Å². The normalized spacial score (nSPS) is 12.2. The summed E-state index contributed by atoms with van der Waals surface area (Å²) in [5.41, 5.74) is 3.14. The quantitative estimate of drug-likeness (QED) is 0.930. The molecule has 0 aliphatic rings. The molecule has 2 aromatic rings. The number of benzene rings is 1. The molecule has 1 atom stereocenters. The van der Waals surface area contributed by atoms with E-state index in [9.17, 15) is 4.79 Å². The summed E-state index contributed by atoms with van der Waals surface area (Å²) in [6.07, 6.45) is 0. The third-order valence-electron chi connectivity index (χ3n) is 3.11. The molecule has 1 amide bonds. The lowest BCUT2D eigenvalue weighted by atomic mass is 10.0. The zero-order valence-corrected chi connectivity index (χ0v) is 12.5. The zero-order chi connectivity index (χ0) is 14.0. The molecule has 4 heteroatoms. The molecule has 0 aliphatic heterocycles. The van der Waals surface area contributed by atoms with Gasteiger partial charge in [-0.2, -0.15) is 0 Å². The Kier molecular flexibility index (Phi) is 4.00. The Morgan fingerprint density at radius 3 is 2.53 bits per heavy atom. The second-order valence-corrected chi connectivity index (χ2v) is 5.90. The highest BCUT2D eigenvalue weighted by Crippen LogP contribution is 2.20. The molecular weight excluding hydrogens is 256 g/mol. The number of nitrogens with zero attached hydrogens (tertiary/aromatic N) is 1. The average Bonchev–Trinajstić information content (AvgIpc) is 2.69. The standard InChI is InChI=1S/C15H18N2OS/c1-9-7-5-6-8-13(9)10(2)17-15(18)14-11(3)16-12(4)19-14/h5-8,10H,1-4H3,(H,17,18). The second-order valence-electron chi connectivity index (χ2n) is 4.70. The van der Waals surface area contributed by atoms with E-state index >= 15 is 0 Å². The fourth-order valence-electron chi connectivity index (χ4n) is 2.15. The molecule has 19 heavy (non-hydrogen) atoms. The van der Waals surface area contributed by atoms with Crippen LogP contribution in [0, 0.1) is 20.8 Å². The molecule has 0 radical (unpaired) electrons. The molecule has 0 bridgehead atoms. The highest BCUT2D eigenvalue weighted by molar-refractivity contribution is 7.13. The van der Waals surface area contributed by atoms with Crippen molar-refractivity contribution in [3.05, 3.63) is 51.0 Å². The minimum Gasteiger partial charge on any atom is -0.345 e. The van der Waals surface area contributed by atoms with Gasteiger partial charge in [0.2, 0.25) is 0 Å². The van der Waals surface area contributed by atoms with Crippen molar-refractivity contribution in [3.8, 4) is 0 Å². The van der Waals surface area contributed by atoms with Gasteiger partial charge in [0.1, 0.15) is 4.88 Å². The van der Waals surface area contributed by atoms with Gasteiger partial charge in [-0.1, -0.05) is 24.3 Å². The van der Waals surface area contributed by atoms with Crippen molar-refractivity contribution in [1.29, 1.82) is 0 Å². The van der Waals surface area contributed by atoms with Gasteiger partial charge in [-0.3, -0.25) is 4.79 Å². The first kappa shape index (κ1) is 13.7. The van der Waals surface area contributed by atoms with E-state index in [4.69, 9.17) is 0 Å². The van der Waals surface area contributed by atoms with E-state index in [1.807, 2.05) is 39.0 Å². The number of nitrogens with one attached hydrogen (secondary N) is 1. The lowest BCUT2D eigenvalue weighted by Crippen LogP contribution is -2.26. The Bertz CT molecular complexity index is 604. The largest absolute Gasteiger partial charge is 0.345 e. The van der Waals surface area contributed by atoms with E-state index in [0.29, 0.717) is 4.88 Å². The van der Waals surface area contributed by atoms with E-state index in [2.05, 4.69) is 23.3 Å². The van der Waals surface area contributed by atoms with Crippen molar-refractivity contribution < 1.29 is 4.79 Å². The molecule has 1 N–H and O–H groups in total. The van der Waals surface area contributed by atoms with E-state index in [-0.39, 0.29) is 11.9 Å². The van der Waals surface area contributed by atoms with Gasteiger partial charge in [0.25, 0.3) is 5.91 Å². The Morgan fingerprint density at radius 1 is 1.26 bits per heavy atom. The summed E-state index contributed by atoms with van der Waals surface area (Å²) in [6.45, 7) is 7.85. The van der Waals surface area contributed by atoms with Gasteiger partial charge in [-0.15, -0.1) is 11.3 Å². The van der Waals surface area contributed by atoms with Gasteiger partial charge >= 0.3 is 0 Å². The lowest BCUT2D eigenvalue weighted by molar-refractivity contribution is 0.0943. The Morgan fingerprint density at radius 2 is 1.95 bits per heavy atom. The van der Waals surface area contributed by atoms with Crippen LogP contribution in [-0.2, 0) is 0 Å². The maximum atomic E-state index is 12.2. The summed E-state index contributed by atoms with van der Waals surface area (Å²) >= 11 is 1.44. The fraction of sp³-hybridized carbons (Fsp3) is 0.333. The third kappa shape index (κ3) is 3.01. The van der Waals surface area contributed by atoms with Crippen LogP contribution < -0.4 is 5.32 Å². The first-order chi connectivity index (χ1) is 8.99. The van der Waals surface area contributed by atoms with E-state index < -0.39 is 0 Å². The SMILES string of the molecule is Cc1nc(C)c(C(=O)NC(C)c2ccccc2C)s1. The summed E-state index contributed by atoms with van der Waals surface area (Å²) in [4.78, 5) is 17.2. The van der Waals surface area contributed by atoms with Crippen molar-refractivity contribution in [2.45, 2.75) is 33.7 Å². The number of carbonyl (C=O) groups is 1. The molecule has 0 saturated carbocycles. The molecule has 0 aliphatic carbocycles. The van der Waals surface area contributed by atoms with Crippen LogP contribution in [0.1, 0.15) is 44.5 Å². The van der Waals surface area contributed by atoms with Crippen LogP contribution in [0.2, 0.25) is 0 Å². The van der Waals surface area contributed by atoms with Crippen molar-refractivity contribution in [1.82, 2.24) is 10.3 Å². The number of hydrogen-bond donors (Lipinski definition) is 1. The maximum absolute atomic E-state index is 12.2. The maximum Gasteiger partial charge on any atom is 0.263 e. The number of aromatic nitrogens is 1. The van der Waals surface area contributed by atoms with Crippen molar-refractivity contribution in [2.75, 3.05) is 0 Å². The number of rotatable bonds is 3. The molecule has 3 nitrogen and oxygen atoms in total. The Hall–Kier alpha value is -1.68. The minimum absolute atomic E-state index is 0.00416. The average molecular weight is 274 g/mol. The van der Waals surface area contributed by atoms with Gasteiger partial charge in [-0.05, 0) is 38.8 Å². The third-order valence-corrected chi connectivity index (χ3v) is 4.18. The molecule has 2 rings (SSSR count). The molecule has 0 saturated heterocycles. The van der Waals surface area contributed by atoms with Gasteiger partial charge in [0.15, 0.2) is 0 Å². The van der Waals surface area contributed by atoms with E-state index in [1.165, 1.54) is 16.9 Å². The number of hydrogen-bond acceptors (Lipinski definition) is 3. The Labute approximate surface area is 117 Å². The summed E-state index contributed by atoms with van der Waals surface area (Å²) < 4.78 is 0. The minimum atomic E-state index is -0.0427. The summed E-state index contributed by atoms with van der Waals surface area (Å²) in [5, 5.41) is 3.96. The first-order valence-electron chi connectivity index (χ1n) is 6.29. The molecule has 0 fully saturated rings. The first-order valence-corrected chi connectivity index (χ1v) is 7.11. The number of thiazole rings is 1. The number of amides is 1. The highest BCUT2D eigenvalue weighted by atomic mass is 32.1. The monoisotopic (exact) mass is 274 g/mol. The van der Waals surface area contributed by atoms with Gasteiger partial charge in [0, 0.05) is 0 Å². The molecule has 1 heterocycles. The van der Waals surface area contributed by atoms with Crippen molar-refractivity contribution in [3.63, 3.8) is 0 Å². The second kappa shape index (κ2) is 5.53. The smallest absolute Gasteiger partial charge is 0.263 e.